The fraction of sp³-hybridized carbons (Fsp3) is 0.333. The van der Waals surface area contributed by atoms with Gasteiger partial charge >= 0.3 is 0 Å². The quantitative estimate of drug-likeness (QED) is 0.633. The van der Waals surface area contributed by atoms with Crippen molar-refractivity contribution in [3.63, 3.8) is 0 Å². The Morgan fingerprint density at radius 3 is 2.79 bits per heavy atom. The summed E-state index contributed by atoms with van der Waals surface area (Å²) in [5.74, 6) is -0.337. The number of nitrogens with one attached hydrogen (secondary N) is 2. The predicted molar refractivity (Wildman–Crippen MR) is 106 cm³/mol. The first-order valence-electron chi connectivity index (χ1n) is 9.38. The zero-order chi connectivity index (χ0) is 20.0. The van der Waals surface area contributed by atoms with Crippen LogP contribution < -0.4 is 11.1 Å². The van der Waals surface area contributed by atoms with E-state index in [1.807, 2.05) is 25.4 Å². The van der Waals surface area contributed by atoms with Gasteiger partial charge in [0.25, 0.3) is 11.8 Å². The van der Waals surface area contributed by atoms with E-state index in [-0.39, 0.29) is 17.6 Å². The van der Waals surface area contributed by atoms with Crippen molar-refractivity contribution < 1.29 is 9.59 Å². The molecule has 3 aromatic rings. The Labute approximate surface area is 162 Å². The third kappa shape index (κ3) is 3.24. The zero-order valence-electron chi connectivity index (χ0n) is 16.2. The molecule has 0 bridgehead atoms. The van der Waals surface area contributed by atoms with Crippen LogP contribution in [0, 0.1) is 19.8 Å². The number of nitrogens with two attached hydrogens (primary N) is 1. The van der Waals surface area contributed by atoms with Crippen molar-refractivity contribution in [1.29, 1.82) is 0 Å². The van der Waals surface area contributed by atoms with Crippen LogP contribution in [0.4, 0.5) is 0 Å². The van der Waals surface area contributed by atoms with Crippen molar-refractivity contribution in [3.05, 3.63) is 58.3 Å². The lowest BCUT2D eigenvalue weighted by molar-refractivity contribution is 0.0948. The van der Waals surface area contributed by atoms with Gasteiger partial charge in [-0.3, -0.25) is 14.6 Å². The number of nitrogens with zero attached hydrogens (tertiary/aromatic N) is 2. The van der Waals surface area contributed by atoms with Crippen LogP contribution in [0.25, 0.3) is 10.9 Å². The molecular formula is C21H23N5O2. The van der Waals surface area contributed by atoms with Crippen molar-refractivity contribution in [2.24, 2.45) is 11.7 Å². The average molecular weight is 377 g/mol. The second-order valence-electron chi connectivity index (χ2n) is 7.60. The number of aromatic nitrogens is 3. The molecule has 2 amide bonds. The van der Waals surface area contributed by atoms with Gasteiger partial charge in [0, 0.05) is 41.5 Å². The first kappa shape index (κ1) is 18.2. The summed E-state index contributed by atoms with van der Waals surface area (Å²) in [5, 5.41) is 4.06. The third-order valence-electron chi connectivity index (χ3n) is 5.47. The molecule has 0 radical (unpaired) electrons. The van der Waals surface area contributed by atoms with E-state index in [9.17, 15) is 9.59 Å². The minimum atomic E-state index is -0.637. The number of carbonyl (C=O) groups is 2. The standard InChI is InChI=1S/C21H23N5O2/c1-10-6-17(10)26-21(28)16-8-14(25-18(11(16)2)20(22)27)7-13-9-24-12(3)19-15(13)4-5-23-19/h4-5,8-10,17,23H,6-7H2,1-3H3,(H2,22,27)(H,26,28)/t10-,17-/m0/s1. The number of carbonyl (C=O) groups excluding carboxylic acids is 2. The molecule has 1 fully saturated rings. The number of fused-ring (bicyclic) bond motifs is 1. The van der Waals surface area contributed by atoms with Gasteiger partial charge < -0.3 is 16.0 Å². The molecule has 0 aliphatic heterocycles. The number of hydrogen-bond donors (Lipinski definition) is 3. The van der Waals surface area contributed by atoms with E-state index < -0.39 is 5.91 Å². The van der Waals surface area contributed by atoms with Gasteiger partial charge in [0.15, 0.2) is 0 Å². The molecule has 1 saturated carbocycles. The molecule has 3 heterocycles. The SMILES string of the molecule is Cc1c(C(=O)N[C@H]2C[C@@H]2C)cc(Cc2cnc(C)c3[nH]ccc23)nc1C(N)=O. The van der Waals surface area contributed by atoms with Gasteiger partial charge in [-0.25, -0.2) is 4.98 Å². The van der Waals surface area contributed by atoms with E-state index in [0.717, 1.165) is 28.6 Å². The van der Waals surface area contributed by atoms with Crippen molar-refractivity contribution in [3.8, 4) is 0 Å². The summed E-state index contributed by atoms with van der Waals surface area (Å²) in [7, 11) is 0. The minimum Gasteiger partial charge on any atom is -0.364 e. The molecule has 7 heteroatoms. The number of primary amides is 1. The Hall–Kier alpha value is -3.22. The molecule has 7 nitrogen and oxygen atoms in total. The van der Waals surface area contributed by atoms with Crippen LogP contribution in [-0.4, -0.2) is 32.8 Å². The van der Waals surface area contributed by atoms with Gasteiger partial charge in [-0.15, -0.1) is 0 Å². The highest BCUT2D eigenvalue weighted by atomic mass is 16.2. The summed E-state index contributed by atoms with van der Waals surface area (Å²) in [5.41, 5.74) is 10.1. The molecule has 0 saturated heterocycles. The summed E-state index contributed by atoms with van der Waals surface area (Å²) < 4.78 is 0. The van der Waals surface area contributed by atoms with Gasteiger partial charge in [-0.2, -0.15) is 0 Å². The number of pyridine rings is 2. The molecule has 2 atom stereocenters. The summed E-state index contributed by atoms with van der Waals surface area (Å²) in [6, 6.07) is 3.94. The van der Waals surface area contributed by atoms with Crippen LogP contribution >= 0.6 is 0 Å². The maximum atomic E-state index is 12.7. The number of hydrogen-bond acceptors (Lipinski definition) is 4. The molecular weight excluding hydrogens is 354 g/mol. The average Bonchev–Trinajstić information content (AvgIpc) is 3.13. The van der Waals surface area contributed by atoms with Crippen LogP contribution in [0.2, 0.25) is 0 Å². The fourth-order valence-electron chi connectivity index (χ4n) is 3.58. The van der Waals surface area contributed by atoms with E-state index in [1.54, 1.807) is 13.0 Å². The molecule has 0 aromatic carbocycles. The summed E-state index contributed by atoms with van der Waals surface area (Å²) >= 11 is 0. The van der Waals surface area contributed by atoms with Crippen LogP contribution in [-0.2, 0) is 6.42 Å². The van der Waals surface area contributed by atoms with Gasteiger partial charge in [0.1, 0.15) is 5.69 Å². The van der Waals surface area contributed by atoms with Gasteiger partial charge in [-0.1, -0.05) is 6.92 Å². The van der Waals surface area contributed by atoms with E-state index in [4.69, 9.17) is 5.73 Å². The molecule has 1 aliphatic rings. The Morgan fingerprint density at radius 1 is 1.36 bits per heavy atom. The molecule has 144 valence electrons. The highest BCUT2D eigenvalue weighted by molar-refractivity contribution is 6.00. The number of H-pyrrole nitrogens is 1. The molecule has 4 rings (SSSR count). The van der Waals surface area contributed by atoms with Crippen molar-refractivity contribution in [2.45, 2.75) is 39.7 Å². The fourth-order valence-corrected chi connectivity index (χ4v) is 3.58. The maximum Gasteiger partial charge on any atom is 0.267 e. The Balaban J connectivity index is 1.73. The van der Waals surface area contributed by atoms with Crippen LogP contribution in [0.1, 0.15) is 56.7 Å². The summed E-state index contributed by atoms with van der Waals surface area (Å²) in [4.78, 5) is 36.7. The minimum absolute atomic E-state index is 0.136. The third-order valence-corrected chi connectivity index (χ3v) is 5.47. The van der Waals surface area contributed by atoms with Crippen LogP contribution in [0.5, 0.6) is 0 Å². The second kappa shape index (κ2) is 6.74. The monoisotopic (exact) mass is 377 g/mol. The smallest absolute Gasteiger partial charge is 0.267 e. The highest BCUT2D eigenvalue weighted by Gasteiger charge is 2.34. The van der Waals surface area contributed by atoms with Gasteiger partial charge in [0.05, 0.1) is 11.2 Å². The number of aromatic amines is 1. The number of rotatable bonds is 5. The summed E-state index contributed by atoms with van der Waals surface area (Å²) in [6.45, 7) is 5.75. The van der Waals surface area contributed by atoms with E-state index in [2.05, 4.69) is 27.2 Å². The van der Waals surface area contributed by atoms with Gasteiger partial charge in [-0.05, 0) is 49.4 Å². The van der Waals surface area contributed by atoms with Crippen molar-refractivity contribution in [2.75, 3.05) is 0 Å². The summed E-state index contributed by atoms with van der Waals surface area (Å²) in [6.07, 6.45) is 5.10. The van der Waals surface area contributed by atoms with Gasteiger partial charge in [0.2, 0.25) is 0 Å². The Kier molecular flexibility index (Phi) is 4.37. The number of aryl methyl sites for hydroxylation is 1. The number of amides is 2. The van der Waals surface area contributed by atoms with Crippen molar-refractivity contribution in [1.82, 2.24) is 20.3 Å². The molecule has 1 aliphatic carbocycles. The Bertz CT molecular complexity index is 1100. The maximum absolute atomic E-state index is 12.7. The molecule has 3 aromatic heterocycles. The zero-order valence-corrected chi connectivity index (χ0v) is 16.2. The molecule has 4 N–H and O–H groups in total. The lowest BCUT2D eigenvalue weighted by Gasteiger charge is -2.13. The molecule has 0 unspecified atom stereocenters. The molecule has 0 spiro atoms. The lowest BCUT2D eigenvalue weighted by atomic mass is 10.0. The highest BCUT2D eigenvalue weighted by Crippen LogP contribution is 2.30. The lowest BCUT2D eigenvalue weighted by Crippen LogP contribution is -2.29. The van der Waals surface area contributed by atoms with E-state index >= 15 is 0 Å². The molecule has 28 heavy (non-hydrogen) atoms. The topological polar surface area (TPSA) is 114 Å². The van der Waals surface area contributed by atoms with Crippen LogP contribution in [0.3, 0.4) is 0 Å². The first-order valence-corrected chi connectivity index (χ1v) is 9.38. The Morgan fingerprint density at radius 2 is 2.11 bits per heavy atom. The van der Waals surface area contributed by atoms with Crippen LogP contribution in [0.15, 0.2) is 24.5 Å². The normalized spacial score (nSPS) is 18.2. The van der Waals surface area contributed by atoms with E-state index in [1.165, 1.54) is 0 Å². The second-order valence-corrected chi connectivity index (χ2v) is 7.60. The largest absolute Gasteiger partial charge is 0.364 e. The predicted octanol–water partition coefficient (Wildman–Crippen LogP) is 2.40. The van der Waals surface area contributed by atoms with Crippen molar-refractivity contribution >= 4 is 22.7 Å². The van der Waals surface area contributed by atoms with E-state index in [0.29, 0.717) is 29.2 Å². The first-order chi connectivity index (χ1) is 13.3.